The van der Waals surface area contributed by atoms with Crippen molar-refractivity contribution in [3.05, 3.63) is 45.2 Å². The number of hydrogen-bond acceptors (Lipinski definition) is 5. The van der Waals surface area contributed by atoms with E-state index in [2.05, 4.69) is 13.8 Å². The molecule has 0 saturated heterocycles. The number of halogens is 1. The summed E-state index contributed by atoms with van der Waals surface area (Å²) in [6, 6.07) is 4.65. The number of methoxy groups -OCH3 is 1. The number of aromatic nitrogens is 1. The number of aromatic carboxylic acids is 1. The summed E-state index contributed by atoms with van der Waals surface area (Å²) in [4.78, 5) is 23.3. The molecule has 1 aromatic heterocycles. The second kappa shape index (κ2) is 10.9. The van der Waals surface area contributed by atoms with Crippen LogP contribution in [-0.2, 0) is 11.3 Å². The second-order valence-corrected chi connectivity index (χ2v) is 6.87. The summed E-state index contributed by atoms with van der Waals surface area (Å²) in [6.45, 7) is 6.02. The Morgan fingerprint density at radius 1 is 1.28 bits per heavy atom. The molecule has 8 heteroatoms. The first kappa shape index (κ1) is 22.8. The molecule has 0 bridgehead atoms. The van der Waals surface area contributed by atoms with Gasteiger partial charge < -0.3 is 23.9 Å². The van der Waals surface area contributed by atoms with Gasteiger partial charge in [-0.15, -0.1) is 0 Å². The third-order valence-electron chi connectivity index (χ3n) is 4.01. The third-order valence-corrected chi connectivity index (χ3v) is 4.30. The van der Waals surface area contributed by atoms with E-state index in [-0.39, 0.29) is 5.56 Å². The molecule has 29 heavy (non-hydrogen) atoms. The highest BCUT2D eigenvalue weighted by molar-refractivity contribution is 6.32. The summed E-state index contributed by atoms with van der Waals surface area (Å²) < 4.78 is 18.1. The Kier molecular flexibility index (Phi) is 8.54. The summed E-state index contributed by atoms with van der Waals surface area (Å²) in [6.07, 6.45) is 3.31. The van der Waals surface area contributed by atoms with Gasteiger partial charge in [0.1, 0.15) is 23.7 Å². The lowest BCUT2D eigenvalue weighted by Gasteiger charge is -2.14. The minimum absolute atomic E-state index is 0.276. The Morgan fingerprint density at radius 2 is 2.00 bits per heavy atom. The zero-order valence-electron chi connectivity index (χ0n) is 16.9. The second-order valence-electron chi connectivity index (χ2n) is 6.46. The van der Waals surface area contributed by atoms with Crippen molar-refractivity contribution in [2.45, 2.75) is 33.2 Å². The standard InChI is InChI=1S/C18H18ClNO6.C3H8/c1-24-4-2-5-25-17-9-16-11(7-13(17)19)14-8-15(21)12(18(22)23)10-20(14)3-6-26-16;1-3-2/h7-10H,2-6H2,1H3,(H,22,23);3H2,1-2H3. The van der Waals surface area contributed by atoms with E-state index in [1.54, 1.807) is 23.8 Å². The molecular formula is C21H26ClNO6. The zero-order chi connectivity index (χ0) is 21.4. The summed E-state index contributed by atoms with van der Waals surface area (Å²) in [5, 5.41) is 9.53. The van der Waals surface area contributed by atoms with Crippen LogP contribution >= 0.6 is 11.6 Å². The average Bonchev–Trinajstić information content (AvgIpc) is 2.84. The topological polar surface area (TPSA) is 87.0 Å². The van der Waals surface area contributed by atoms with E-state index in [9.17, 15) is 9.59 Å². The zero-order valence-corrected chi connectivity index (χ0v) is 17.6. The number of carboxylic acids is 1. The number of carboxylic acid groups (broad SMARTS) is 1. The number of carbonyl (C=O) groups is 1. The van der Waals surface area contributed by atoms with Crippen LogP contribution in [-0.4, -0.2) is 42.6 Å². The Bertz CT molecular complexity index is 909. The molecule has 158 valence electrons. The molecule has 0 unspecified atom stereocenters. The molecule has 0 spiro atoms. The minimum Gasteiger partial charge on any atom is -0.492 e. The first-order valence-corrected chi connectivity index (χ1v) is 9.86. The van der Waals surface area contributed by atoms with E-state index in [1.807, 2.05) is 0 Å². The molecule has 0 aliphatic carbocycles. The molecule has 1 aliphatic heterocycles. The van der Waals surface area contributed by atoms with Gasteiger partial charge in [0, 0.05) is 44.0 Å². The molecule has 0 fully saturated rings. The molecule has 7 nitrogen and oxygen atoms in total. The Morgan fingerprint density at radius 3 is 2.66 bits per heavy atom. The first-order chi connectivity index (χ1) is 13.9. The van der Waals surface area contributed by atoms with Gasteiger partial charge in [-0.2, -0.15) is 0 Å². The monoisotopic (exact) mass is 423 g/mol. The Balaban J connectivity index is 0.000000941. The van der Waals surface area contributed by atoms with Crippen LogP contribution < -0.4 is 14.9 Å². The fourth-order valence-electron chi connectivity index (χ4n) is 2.76. The molecule has 1 aromatic carbocycles. The molecule has 0 radical (unpaired) electrons. The number of nitrogens with zero attached hydrogens (tertiary/aromatic N) is 1. The van der Waals surface area contributed by atoms with Crippen LogP contribution in [0.3, 0.4) is 0 Å². The number of rotatable bonds is 6. The third kappa shape index (κ3) is 5.74. The number of fused-ring (bicyclic) bond motifs is 3. The fraction of sp³-hybridized carbons (Fsp3) is 0.429. The van der Waals surface area contributed by atoms with E-state index in [1.165, 1.54) is 18.7 Å². The predicted octanol–water partition coefficient (Wildman–Crippen LogP) is 4.09. The maximum absolute atomic E-state index is 12.1. The fourth-order valence-corrected chi connectivity index (χ4v) is 2.97. The van der Waals surface area contributed by atoms with E-state index < -0.39 is 11.4 Å². The molecule has 0 atom stereocenters. The lowest BCUT2D eigenvalue weighted by atomic mass is 10.1. The maximum Gasteiger partial charge on any atom is 0.341 e. The van der Waals surface area contributed by atoms with Gasteiger partial charge in [0.15, 0.2) is 5.43 Å². The highest BCUT2D eigenvalue weighted by Crippen LogP contribution is 2.39. The molecule has 2 aromatic rings. The molecule has 0 amide bonds. The lowest BCUT2D eigenvalue weighted by molar-refractivity contribution is 0.0694. The molecular weight excluding hydrogens is 398 g/mol. The van der Waals surface area contributed by atoms with E-state index in [4.69, 9.17) is 30.9 Å². The quantitative estimate of drug-likeness (QED) is 0.704. The van der Waals surface area contributed by atoms with Gasteiger partial charge in [-0.1, -0.05) is 31.9 Å². The van der Waals surface area contributed by atoms with Gasteiger partial charge >= 0.3 is 5.97 Å². The van der Waals surface area contributed by atoms with Crippen molar-refractivity contribution in [1.29, 1.82) is 0 Å². The SMILES string of the molecule is CCC.COCCCOc1cc2c(cc1Cl)-c1cc(=O)c(C(=O)O)cn1CCO2. The van der Waals surface area contributed by atoms with Crippen molar-refractivity contribution in [2.24, 2.45) is 0 Å². The van der Waals surface area contributed by atoms with Gasteiger partial charge in [-0.25, -0.2) is 4.79 Å². The van der Waals surface area contributed by atoms with Crippen LogP contribution in [0, 0.1) is 0 Å². The molecule has 0 saturated carbocycles. The van der Waals surface area contributed by atoms with Crippen molar-refractivity contribution in [2.75, 3.05) is 26.9 Å². The van der Waals surface area contributed by atoms with E-state index in [0.29, 0.717) is 54.1 Å². The molecule has 1 aliphatic rings. The largest absolute Gasteiger partial charge is 0.492 e. The molecule has 3 rings (SSSR count). The number of ether oxygens (including phenoxy) is 3. The van der Waals surface area contributed by atoms with Crippen molar-refractivity contribution in [3.63, 3.8) is 0 Å². The highest BCUT2D eigenvalue weighted by Gasteiger charge is 2.21. The van der Waals surface area contributed by atoms with Crippen LogP contribution in [0.1, 0.15) is 37.0 Å². The van der Waals surface area contributed by atoms with Crippen LogP contribution in [0.4, 0.5) is 0 Å². The van der Waals surface area contributed by atoms with Crippen LogP contribution in [0.5, 0.6) is 11.5 Å². The number of hydrogen-bond donors (Lipinski definition) is 1. The first-order valence-electron chi connectivity index (χ1n) is 9.49. The number of benzene rings is 1. The average molecular weight is 424 g/mol. The summed E-state index contributed by atoms with van der Waals surface area (Å²) in [7, 11) is 1.62. The van der Waals surface area contributed by atoms with Crippen LogP contribution in [0.15, 0.2) is 29.2 Å². The lowest BCUT2D eigenvalue weighted by Crippen LogP contribution is -2.19. The van der Waals surface area contributed by atoms with Gasteiger partial charge in [-0.05, 0) is 6.07 Å². The van der Waals surface area contributed by atoms with Gasteiger partial charge in [0.25, 0.3) is 0 Å². The van der Waals surface area contributed by atoms with Crippen molar-refractivity contribution < 1.29 is 24.1 Å². The normalized spacial score (nSPS) is 11.9. The predicted molar refractivity (Wildman–Crippen MR) is 112 cm³/mol. The minimum atomic E-state index is -1.26. The molecule has 1 N–H and O–H groups in total. The Hall–Kier alpha value is -2.51. The van der Waals surface area contributed by atoms with Crippen LogP contribution in [0.25, 0.3) is 11.3 Å². The molecule has 2 heterocycles. The number of pyridine rings is 1. The van der Waals surface area contributed by atoms with Crippen LogP contribution in [0.2, 0.25) is 5.02 Å². The highest BCUT2D eigenvalue weighted by atomic mass is 35.5. The maximum atomic E-state index is 12.1. The summed E-state index contributed by atoms with van der Waals surface area (Å²) in [5.41, 5.74) is 0.333. The summed E-state index contributed by atoms with van der Waals surface area (Å²) >= 11 is 6.32. The van der Waals surface area contributed by atoms with E-state index in [0.717, 1.165) is 6.42 Å². The van der Waals surface area contributed by atoms with E-state index >= 15 is 0 Å². The van der Waals surface area contributed by atoms with Gasteiger partial charge in [0.2, 0.25) is 0 Å². The van der Waals surface area contributed by atoms with Crippen molar-refractivity contribution in [3.8, 4) is 22.8 Å². The van der Waals surface area contributed by atoms with Gasteiger partial charge in [-0.3, -0.25) is 4.79 Å². The Labute approximate surface area is 174 Å². The summed E-state index contributed by atoms with van der Waals surface area (Å²) in [5.74, 6) is -0.238. The van der Waals surface area contributed by atoms with Crippen molar-refractivity contribution in [1.82, 2.24) is 4.57 Å². The van der Waals surface area contributed by atoms with Crippen molar-refractivity contribution >= 4 is 17.6 Å². The smallest absolute Gasteiger partial charge is 0.341 e. The van der Waals surface area contributed by atoms with Gasteiger partial charge in [0.05, 0.1) is 23.9 Å².